The number of rotatable bonds is 5. The van der Waals surface area contributed by atoms with Crippen LogP contribution in [0.5, 0.6) is 5.75 Å². The molecule has 4 unspecified atom stereocenters. The van der Waals surface area contributed by atoms with Gasteiger partial charge in [-0.3, -0.25) is 9.59 Å². The second kappa shape index (κ2) is 7.52. The first-order valence-corrected chi connectivity index (χ1v) is 11.1. The number of carboxylic acid groups (broad SMARTS) is 1. The summed E-state index contributed by atoms with van der Waals surface area (Å²) in [7, 11) is 0. The molecule has 1 N–H and O–H groups in total. The number of hydrogen-bond donors (Lipinski definition) is 1. The predicted octanol–water partition coefficient (Wildman–Crippen LogP) is 5.55. The van der Waals surface area contributed by atoms with Gasteiger partial charge in [0.05, 0.1) is 11.8 Å². The molecule has 3 aromatic rings. The SMILES string of the molecule is CCc1cccc2c(OC(=O)C3C4C=CC(C4)C3C(=O)O)c3c(CC)cccc3cc12. The Labute approximate surface area is 181 Å². The largest absolute Gasteiger partial charge is 0.481 e. The van der Waals surface area contributed by atoms with E-state index in [4.69, 9.17) is 4.74 Å². The summed E-state index contributed by atoms with van der Waals surface area (Å²) in [5.74, 6) is -2.25. The minimum atomic E-state index is -0.913. The van der Waals surface area contributed by atoms with Gasteiger partial charge in [0.15, 0.2) is 0 Å². The summed E-state index contributed by atoms with van der Waals surface area (Å²) in [5, 5.41) is 13.8. The summed E-state index contributed by atoms with van der Waals surface area (Å²) in [6.07, 6.45) is 6.35. The number of hydrogen-bond acceptors (Lipinski definition) is 3. The molecule has 0 radical (unpaired) electrons. The topological polar surface area (TPSA) is 63.6 Å². The molecule has 0 spiro atoms. The Morgan fingerprint density at radius 3 is 2.32 bits per heavy atom. The molecular formula is C27H26O4. The van der Waals surface area contributed by atoms with E-state index in [2.05, 4.69) is 38.1 Å². The minimum absolute atomic E-state index is 0.0586. The van der Waals surface area contributed by atoms with Crippen LogP contribution >= 0.6 is 0 Å². The summed E-state index contributed by atoms with van der Waals surface area (Å²) in [6, 6.07) is 14.4. The van der Waals surface area contributed by atoms with Gasteiger partial charge in [-0.25, -0.2) is 0 Å². The van der Waals surface area contributed by atoms with Crippen LogP contribution in [0.4, 0.5) is 0 Å². The third-order valence-electron chi connectivity index (χ3n) is 7.13. The summed E-state index contributed by atoms with van der Waals surface area (Å²) in [5.41, 5.74) is 2.32. The van der Waals surface area contributed by atoms with E-state index < -0.39 is 23.8 Å². The first kappa shape index (κ1) is 19.8. The van der Waals surface area contributed by atoms with Crippen LogP contribution in [0, 0.1) is 23.7 Å². The molecule has 0 amide bonds. The number of carboxylic acids is 1. The fraction of sp³-hybridized carbons (Fsp3) is 0.333. The van der Waals surface area contributed by atoms with Crippen molar-refractivity contribution in [3.8, 4) is 5.75 Å². The molecule has 31 heavy (non-hydrogen) atoms. The van der Waals surface area contributed by atoms with Gasteiger partial charge in [-0.15, -0.1) is 0 Å². The van der Waals surface area contributed by atoms with E-state index >= 15 is 0 Å². The zero-order valence-electron chi connectivity index (χ0n) is 17.8. The molecule has 1 saturated carbocycles. The summed E-state index contributed by atoms with van der Waals surface area (Å²) < 4.78 is 6.16. The second-order valence-electron chi connectivity index (χ2n) is 8.70. The normalized spacial score (nSPS) is 24.2. The van der Waals surface area contributed by atoms with Crippen molar-refractivity contribution < 1.29 is 19.4 Å². The lowest BCUT2D eigenvalue weighted by atomic mass is 9.83. The van der Waals surface area contributed by atoms with Crippen molar-refractivity contribution >= 4 is 33.5 Å². The Hall–Kier alpha value is -3.14. The Kier molecular flexibility index (Phi) is 4.81. The number of fused-ring (bicyclic) bond motifs is 4. The van der Waals surface area contributed by atoms with Gasteiger partial charge in [0.25, 0.3) is 0 Å². The highest BCUT2D eigenvalue weighted by molar-refractivity contribution is 6.09. The predicted molar refractivity (Wildman–Crippen MR) is 121 cm³/mol. The van der Waals surface area contributed by atoms with Crippen molar-refractivity contribution in [1.82, 2.24) is 0 Å². The molecule has 0 heterocycles. The average Bonchev–Trinajstić information content (AvgIpc) is 3.39. The van der Waals surface area contributed by atoms with Crippen LogP contribution in [0.15, 0.2) is 54.6 Å². The number of esters is 1. The van der Waals surface area contributed by atoms with Crippen molar-refractivity contribution in [3.05, 3.63) is 65.7 Å². The highest BCUT2D eigenvalue weighted by atomic mass is 16.5. The smallest absolute Gasteiger partial charge is 0.315 e. The van der Waals surface area contributed by atoms with Gasteiger partial charge >= 0.3 is 11.9 Å². The van der Waals surface area contributed by atoms with E-state index in [1.54, 1.807) is 0 Å². The maximum atomic E-state index is 13.4. The van der Waals surface area contributed by atoms with Crippen LogP contribution in [0.1, 0.15) is 31.4 Å². The summed E-state index contributed by atoms with van der Waals surface area (Å²) in [4.78, 5) is 25.4. The quantitative estimate of drug-likeness (QED) is 0.257. The summed E-state index contributed by atoms with van der Waals surface area (Å²) >= 11 is 0. The first-order chi connectivity index (χ1) is 15.0. The van der Waals surface area contributed by atoms with Crippen molar-refractivity contribution in [2.24, 2.45) is 23.7 Å². The molecule has 0 aliphatic heterocycles. The molecule has 1 fully saturated rings. The van der Waals surface area contributed by atoms with Gasteiger partial charge in [-0.2, -0.15) is 0 Å². The fourth-order valence-corrected chi connectivity index (χ4v) is 5.65. The van der Waals surface area contributed by atoms with E-state index in [9.17, 15) is 14.7 Å². The van der Waals surface area contributed by atoms with Crippen LogP contribution in [-0.4, -0.2) is 17.0 Å². The molecule has 2 bridgehead atoms. The van der Waals surface area contributed by atoms with Crippen LogP contribution in [0.25, 0.3) is 21.5 Å². The summed E-state index contributed by atoms with van der Waals surface area (Å²) in [6.45, 7) is 4.21. The Morgan fingerprint density at radius 2 is 1.61 bits per heavy atom. The Morgan fingerprint density at radius 1 is 0.935 bits per heavy atom. The lowest BCUT2D eigenvalue weighted by Crippen LogP contribution is -2.35. The van der Waals surface area contributed by atoms with Crippen LogP contribution in [-0.2, 0) is 22.4 Å². The van der Waals surface area contributed by atoms with Gasteiger partial charge in [-0.05, 0) is 59.1 Å². The maximum Gasteiger partial charge on any atom is 0.315 e. The zero-order valence-corrected chi connectivity index (χ0v) is 17.8. The zero-order chi connectivity index (χ0) is 21.7. The number of aliphatic carboxylic acids is 1. The monoisotopic (exact) mass is 414 g/mol. The number of carbonyl (C=O) groups is 2. The van der Waals surface area contributed by atoms with E-state index in [-0.39, 0.29) is 11.8 Å². The molecule has 3 aromatic carbocycles. The lowest BCUT2D eigenvalue weighted by molar-refractivity contribution is -0.152. The van der Waals surface area contributed by atoms with Crippen molar-refractivity contribution in [3.63, 3.8) is 0 Å². The number of benzene rings is 3. The van der Waals surface area contributed by atoms with Gasteiger partial charge in [-0.1, -0.05) is 62.4 Å². The number of carbonyl (C=O) groups excluding carboxylic acids is 1. The average molecular weight is 415 g/mol. The molecule has 2 aliphatic rings. The number of aryl methyl sites for hydroxylation is 2. The number of allylic oxidation sites excluding steroid dienone is 2. The Balaban J connectivity index is 1.68. The second-order valence-corrected chi connectivity index (χ2v) is 8.70. The van der Waals surface area contributed by atoms with Gasteiger partial charge < -0.3 is 9.84 Å². The highest BCUT2D eigenvalue weighted by Gasteiger charge is 2.52. The standard InChI is InChI=1S/C27H26O4/c1-3-15-7-6-10-20-21(15)14-17-9-5-8-16(4-2)22(17)25(20)31-27(30)24-19-12-11-18(13-19)23(24)26(28)29/h5-12,14,18-19,23-24H,3-4,13H2,1-2H3,(H,28,29). The van der Waals surface area contributed by atoms with Crippen LogP contribution in [0.2, 0.25) is 0 Å². The third-order valence-corrected chi connectivity index (χ3v) is 7.13. The molecule has 0 saturated heterocycles. The van der Waals surface area contributed by atoms with Crippen LogP contribution in [0.3, 0.4) is 0 Å². The molecule has 4 heteroatoms. The van der Waals surface area contributed by atoms with Crippen molar-refractivity contribution in [2.75, 3.05) is 0 Å². The van der Waals surface area contributed by atoms with E-state index in [1.807, 2.05) is 30.4 Å². The van der Waals surface area contributed by atoms with Crippen molar-refractivity contribution in [1.29, 1.82) is 0 Å². The van der Waals surface area contributed by atoms with Gasteiger partial charge in [0.1, 0.15) is 5.75 Å². The van der Waals surface area contributed by atoms with Crippen LogP contribution < -0.4 is 4.74 Å². The molecule has 4 atom stereocenters. The Bertz CT molecular complexity index is 1240. The maximum absolute atomic E-state index is 13.4. The molecule has 5 rings (SSSR count). The molecule has 158 valence electrons. The highest BCUT2D eigenvalue weighted by Crippen LogP contribution is 2.49. The molecule has 2 aliphatic carbocycles. The van der Waals surface area contributed by atoms with Gasteiger partial charge in [0.2, 0.25) is 0 Å². The van der Waals surface area contributed by atoms with E-state index in [0.29, 0.717) is 12.2 Å². The lowest BCUT2D eigenvalue weighted by Gasteiger charge is -2.24. The molecular weight excluding hydrogens is 388 g/mol. The third kappa shape index (κ3) is 3.04. The first-order valence-electron chi connectivity index (χ1n) is 11.1. The minimum Gasteiger partial charge on any atom is -0.481 e. The van der Waals surface area contributed by atoms with Crippen molar-refractivity contribution in [2.45, 2.75) is 33.1 Å². The fourth-order valence-electron chi connectivity index (χ4n) is 5.65. The molecule has 0 aromatic heterocycles. The van der Waals surface area contributed by atoms with E-state index in [1.165, 1.54) is 5.56 Å². The number of ether oxygens (including phenoxy) is 1. The van der Waals surface area contributed by atoms with E-state index in [0.717, 1.165) is 39.9 Å². The molecule has 4 nitrogen and oxygen atoms in total. The van der Waals surface area contributed by atoms with Gasteiger partial charge in [0, 0.05) is 10.8 Å².